The third kappa shape index (κ3) is 4.24. The van der Waals surface area contributed by atoms with Crippen molar-refractivity contribution in [2.75, 3.05) is 16.3 Å². The minimum Gasteiger partial charge on any atom is -0.426 e. The van der Waals surface area contributed by atoms with Gasteiger partial charge in [0.15, 0.2) is 0 Å². The topological polar surface area (TPSA) is 84.0 Å². The Morgan fingerprint density at radius 3 is 2.40 bits per heavy atom. The van der Waals surface area contributed by atoms with Crippen LogP contribution in [0.3, 0.4) is 0 Å². The summed E-state index contributed by atoms with van der Waals surface area (Å²) in [5.41, 5.74) is 3.35. The molecule has 3 fully saturated rings. The van der Waals surface area contributed by atoms with Gasteiger partial charge in [0.1, 0.15) is 5.75 Å². The lowest BCUT2D eigenvalue weighted by Crippen LogP contribution is -2.30. The van der Waals surface area contributed by atoms with Crippen LogP contribution < -0.4 is 14.5 Å². The van der Waals surface area contributed by atoms with Crippen LogP contribution in [0.4, 0.5) is 11.4 Å². The summed E-state index contributed by atoms with van der Waals surface area (Å²) in [6.07, 6.45) is 2.57. The molecule has 7 nitrogen and oxygen atoms in total. The van der Waals surface area contributed by atoms with Gasteiger partial charge in [-0.3, -0.25) is 24.1 Å². The van der Waals surface area contributed by atoms with Gasteiger partial charge in [-0.05, 0) is 80.5 Å². The molecule has 3 aliphatic rings. The standard InChI is InChI=1S/C28H30N2O5/c1-16-5-11-22-23(12-16)27(33)30(26(22)32)20-7-9-21(10-8-20)35-28(34)19-14-25(31)29(15-19)24-13-17(2)4-6-18(24)3/h4,6-10,13,16,19,22-23H,5,11-12,14-15H2,1-3H3/t16-,19-,22-,23+/m1/s1. The van der Waals surface area contributed by atoms with E-state index in [1.54, 1.807) is 29.2 Å². The Morgan fingerprint density at radius 1 is 0.943 bits per heavy atom. The van der Waals surface area contributed by atoms with E-state index >= 15 is 0 Å². The normalized spacial score (nSPS) is 26.3. The van der Waals surface area contributed by atoms with Gasteiger partial charge < -0.3 is 9.64 Å². The average molecular weight is 475 g/mol. The van der Waals surface area contributed by atoms with Crippen molar-refractivity contribution in [3.05, 3.63) is 53.6 Å². The Kier molecular flexibility index (Phi) is 5.95. The Morgan fingerprint density at radius 2 is 1.66 bits per heavy atom. The quantitative estimate of drug-likeness (QED) is 0.377. The fraction of sp³-hybridized carbons (Fsp3) is 0.429. The molecule has 0 radical (unpaired) electrons. The Bertz CT molecular complexity index is 1200. The molecule has 7 heteroatoms. The number of hydrogen-bond acceptors (Lipinski definition) is 5. The summed E-state index contributed by atoms with van der Waals surface area (Å²) in [6, 6.07) is 12.4. The molecule has 2 aliphatic heterocycles. The van der Waals surface area contributed by atoms with E-state index in [0.717, 1.165) is 36.1 Å². The van der Waals surface area contributed by atoms with Crippen LogP contribution in [0.15, 0.2) is 42.5 Å². The van der Waals surface area contributed by atoms with E-state index in [9.17, 15) is 19.2 Å². The second-order valence-corrected chi connectivity index (χ2v) is 10.3. The molecule has 0 bridgehead atoms. The van der Waals surface area contributed by atoms with Crippen molar-refractivity contribution in [3.63, 3.8) is 0 Å². The molecule has 4 atom stereocenters. The number of anilines is 2. The molecule has 2 saturated heterocycles. The number of imide groups is 1. The van der Waals surface area contributed by atoms with Crippen LogP contribution in [0, 0.1) is 37.5 Å². The van der Waals surface area contributed by atoms with E-state index in [2.05, 4.69) is 6.92 Å². The van der Waals surface area contributed by atoms with Crippen molar-refractivity contribution in [1.82, 2.24) is 0 Å². The number of aryl methyl sites for hydroxylation is 2. The summed E-state index contributed by atoms with van der Waals surface area (Å²) < 4.78 is 5.56. The minimum atomic E-state index is -0.561. The number of esters is 1. The third-order valence-electron chi connectivity index (χ3n) is 7.61. The highest BCUT2D eigenvalue weighted by Gasteiger charge is 2.50. The van der Waals surface area contributed by atoms with Crippen LogP contribution in [0.2, 0.25) is 0 Å². The maximum atomic E-state index is 12.9. The Hall–Kier alpha value is -3.48. The highest BCUT2D eigenvalue weighted by Crippen LogP contribution is 2.42. The number of hydrogen-bond donors (Lipinski definition) is 0. The van der Waals surface area contributed by atoms with Gasteiger partial charge in [-0.1, -0.05) is 19.1 Å². The van der Waals surface area contributed by atoms with E-state index < -0.39 is 11.9 Å². The smallest absolute Gasteiger partial charge is 0.316 e. The first-order chi connectivity index (χ1) is 16.7. The monoisotopic (exact) mass is 474 g/mol. The largest absolute Gasteiger partial charge is 0.426 e. The summed E-state index contributed by atoms with van der Waals surface area (Å²) in [6.45, 7) is 6.31. The average Bonchev–Trinajstić information content (AvgIpc) is 3.33. The molecule has 35 heavy (non-hydrogen) atoms. The van der Waals surface area contributed by atoms with Gasteiger partial charge in [0.25, 0.3) is 0 Å². The maximum Gasteiger partial charge on any atom is 0.316 e. The number of rotatable bonds is 4. The van der Waals surface area contributed by atoms with Crippen LogP contribution in [0.5, 0.6) is 5.75 Å². The summed E-state index contributed by atoms with van der Waals surface area (Å²) in [4.78, 5) is 54.2. The molecule has 1 aliphatic carbocycles. The first-order valence-electron chi connectivity index (χ1n) is 12.3. The van der Waals surface area contributed by atoms with Crippen LogP contribution in [-0.4, -0.2) is 30.2 Å². The van der Waals surface area contributed by atoms with Crippen molar-refractivity contribution in [2.45, 2.75) is 46.5 Å². The number of ether oxygens (including phenoxy) is 1. The second-order valence-electron chi connectivity index (χ2n) is 10.3. The number of benzene rings is 2. The highest BCUT2D eigenvalue weighted by molar-refractivity contribution is 6.22. The van der Waals surface area contributed by atoms with Gasteiger partial charge in [0, 0.05) is 18.7 Å². The summed E-state index contributed by atoms with van der Waals surface area (Å²) in [5.74, 6) is -1.08. The zero-order valence-corrected chi connectivity index (χ0v) is 20.3. The SMILES string of the molecule is Cc1ccc(C)c(N2C[C@H](C(=O)Oc3ccc(N4C(=O)[C@H]5C[C@H](C)CC[C@H]5C4=O)cc3)CC2=O)c1. The molecule has 0 N–H and O–H groups in total. The molecule has 3 amide bonds. The predicted molar refractivity (Wildman–Crippen MR) is 131 cm³/mol. The van der Waals surface area contributed by atoms with Crippen LogP contribution >= 0.6 is 0 Å². The lowest BCUT2D eigenvalue weighted by molar-refractivity contribution is -0.139. The molecule has 2 heterocycles. The first-order valence-corrected chi connectivity index (χ1v) is 12.3. The molecule has 1 saturated carbocycles. The summed E-state index contributed by atoms with van der Waals surface area (Å²) in [5, 5.41) is 0. The van der Waals surface area contributed by atoms with Crippen molar-refractivity contribution in [2.24, 2.45) is 23.7 Å². The highest BCUT2D eigenvalue weighted by atomic mass is 16.5. The molecule has 0 unspecified atom stereocenters. The number of amides is 3. The van der Waals surface area contributed by atoms with Crippen LogP contribution in [0.25, 0.3) is 0 Å². The van der Waals surface area contributed by atoms with Gasteiger partial charge in [0.05, 0.1) is 23.4 Å². The number of fused-ring (bicyclic) bond motifs is 1. The molecular weight excluding hydrogens is 444 g/mol. The lowest BCUT2D eigenvalue weighted by Gasteiger charge is -2.25. The maximum absolute atomic E-state index is 12.9. The van der Waals surface area contributed by atoms with E-state index in [-0.39, 0.29) is 42.5 Å². The van der Waals surface area contributed by atoms with Crippen molar-refractivity contribution in [3.8, 4) is 5.75 Å². The summed E-state index contributed by atoms with van der Waals surface area (Å²) in [7, 11) is 0. The van der Waals surface area contributed by atoms with Crippen LogP contribution in [-0.2, 0) is 19.2 Å². The van der Waals surface area contributed by atoms with Gasteiger partial charge >= 0.3 is 5.97 Å². The van der Waals surface area contributed by atoms with Gasteiger partial charge in [-0.2, -0.15) is 0 Å². The first kappa shape index (κ1) is 23.3. The zero-order valence-electron chi connectivity index (χ0n) is 20.3. The molecular formula is C28H30N2O5. The van der Waals surface area contributed by atoms with Crippen molar-refractivity contribution in [1.29, 1.82) is 0 Å². The van der Waals surface area contributed by atoms with E-state index in [4.69, 9.17) is 4.74 Å². The molecule has 2 aromatic rings. The Balaban J connectivity index is 1.25. The van der Waals surface area contributed by atoms with Crippen LogP contribution in [0.1, 0.15) is 43.7 Å². The van der Waals surface area contributed by atoms with E-state index in [0.29, 0.717) is 17.4 Å². The number of carbonyl (C=O) groups is 4. The Labute approximate surface area is 205 Å². The predicted octanol–water partition coefficient (Wildman–Crippen LogP) is 4.19. The van der Waals surface area contributed by atoms with E-state index in [1.165, 1.54) is 4.90 Å². The van der Waals surface area contributed by atoms with Crippen molar-refractivity contribution >= 4 is 35.1 Å². The van der Waals surface area contributed by atoms with Gasteiger partial charge in [-0.25, -0.2) is 0 Å². The third-order valence-corrected chi connectivity index (χ3v) is 7.61. The fourth-order valence-corrected chi connectivity index (χ4v) is 5.62. The fourth-order valence-electron chi connectivity index (χ4n) is 5.62. The molecule has 182 valence electrons. The molecule has 2 aromatic carbocycles. The van der Waals surface area contributed by atoms with Gasteiger partial charge in [0.2, 0.25) is 17.7 Å². The van der Waals surface area contributed by atoms with E-state index in [1.807, 2.05) is 32.0 Å². The zero-order chi connectivity index (χ0) is 24.9. The lowest BCUT2D eigenvalue weighted by atomic mass is 9.76. The minimum absolute atomic E-state index is 0.0992. The number of carbonyl (C=O) groups excluding carboxylic acids is 4. The second kappa shape index (κ2) is 8.95. The summed E-state index contributed by atoms with van der Waals surface area (Å²) >= 11 is 0. The van der Waals surface area contributed by atoms with Gasteiger partial charge in [-0.15, -0.1) is 0 Å². The number of nitrogens with zero attached hydrogens (tertiary/aromatic N) is 2. The molecule has 0 spiro atoms. The van der Waals surface area contributed by atoms with Crippen molar-refractivity contribution < 1.29 is 23.9 Å². The molecule has 0 aromatic heterocycles. The molecule has 5 rings (SSSR count).